The van der Waals surface area contributed by atoms with Gasteiger partial charge in [0.15, 0.2) is 0 Å². The third kappa shape index (κ3) is 11.6. The van der Waals surface area contributed by atoms with E-state index < -0.39 is 10.4 Å². The van der Waals surface area contributed by atoms with Gasteiger partial charge in [0.05, 0.1) is 7.11 Å². The van der Waals surface area contributed by atoms with E-state index in [1.165, 1.54) is 0 Å². The Bertz CT molecular complexity index is 427. The van der Waals surface area contributed by atoms with Gasteiger partial charge in [-0.2, -0.15) is 8.42 Å². The zero-order valence-corrected chi connectivity index (χ0v) is 14.6. The Kier molecular flexibility index (Phi) is 12.2. The molecule has 0 aromatic heterocycles. The van der Waals surface area contributed by atoms with Gasteiger partial charge in [-0.05, 0) is 40.9 Å². The zero-order chi connectivity index (χ0) is 17.8. The molecule has 5 N–H and O–H groups in total. The van der Waals surface area contributed by atoms with Crippen LogP contribution in [-0.4, -0.2) is 59.5 Å². The van der Waals surface area contributed by atoms with E-state index in [0.717, 1.165) is 20.0 Å². The zero-order valence-electron chi connectivity index (χ0n) is 13.8. The molecule has 0 unspecified atom stereocenters. The number of nitrogens with one attached hydrogen (secondary N) is 4. The van der Waals surface area contributed by atoms with E-state index in [4.69, 9.17) is 4.55 Å². The summed E-state index contributed by atoms with van der Waals surface area (Å²) in [5.74, 6) is -0.350. The maximum Gasteiger partial charge on any atom is 0.397 e. The summed E-state index contributed by atoms with van der Waals surface area (Å²) in [5.41, 5.74) is 0.544. The minimum atomic E-state index is -4.16. The predicted molar refractivity (Wildman–Crippen MR) is 85.5 cm³/mol. The van der Waals surface area contributed by atoms with Crippen molar-refractivity contribution in [3.05, 3.63) is 12.2 Å². The summed E-state index contributed by atoms with van der Waals surface area (Å²) in [5, 5.41) is 12.3. The molecule has 0 saturated heterocycles. The molecule has 1 amide bonds. The molecule has 0 heterocycles. The van der Waals surface area contributed by atoms with Crippen LogP contribution < -0.4 is 21.3 Å². The molecule has 0 rings (SSSR count). The van der Waals surface area contributed by atoms with Crippen LogP contribution >= 0.6 is 0 Å². The molecule has 0 bridgehead atoms. The second-order valence-electron chi connectivity index (χ2n) is 4.39. The van der Waals surface area contributed by atoms with Crippen molar-refractivity contribution < 1.29 is 21.9 Å². The molecule has 10 heteroatoms. The van der Waals surface area contributed by atoms with Crippen molar-refractivity contribution in [2.45, 2.75) is 25.6 Å². The first kappa shape index (κ1) is 23.2. The van der Waals surface area contributed by atoms with Crippen LogP contribution in [0.25, 0.3) is 0 Å². The molecule has 22 heavy (non-hydrogen) atoms. The van der Waals surface area contributed by atoms with E-state index in [1.54, 1.807) is 6.92 Å². The minimum Gasteiger partial charge on any atom is -0.352 e. The van der Waals surface area contributed by atoms with Gasteiger partial charge >= 0.3 is 10.4 Å². The fourth-order valence-electron chi connectivity index (χ4n) is 1.46. The number of carbonyl (C=O) groups excluding carboxylic acids is 1. The van der Waals surface area contributed by atoms with Crippen molar-refractivity contribution in [3.63, 3.8) is 0 Å². The van der Waals surface area contributed by atoms with Crippen LogP contribution in [0.4, 0.5) is 0 Å². The van der Waals surface area contributed by atoms with Gasteiger partial charge in [-0.1, -0.05) is 6.58 Å². The Labute approximate surface area is 132 Å². The highest BCUT2D eigenvalue weighted by atomic mass is 32.3. The van der Waals surface area contributed by atoms with Gasteiger partial charge in [0.25, 0.3) is 0 Å². The van der Waals surface area contributed by atoms with Crippen molar-refractivity contribution in [3.8, 4) is 0 Å². The maximum atomic E-state index is 11.2. The molecule has 9 nitrogen and oxygen atoms in total. The van der Waals surface area contributed by atoms with E-state index in [-0.39, 0.29) is 11.7 Å². The van der Waals surface area contributed by atoms with E-state index in [9.17, 15) is 13.2 Å². The fraction of sp³-hybridized carbons (Fsp3) is 0.750. The van der Waals surface area contributed by atoms with Gasteiger partial charge in [0.2, 0.25) is 5.91 Å². The van der Waals surface area contributed by atoms with Gasteiger partial charge in [0, 0.05) is 12.1 Å². The lowest BCUT2D eigenvalue weighted by Crippen LogP contribution is -2.63. The van der Waals surface area contributed by atoms with Gasteiger partial charge in [-0.15, -0.1) is 0 Å². The van der Waals surface area contributed by atoms with Crippen molar-refractivity contribution in [1.29, 1.82) is 0 Å². The highest BCUT2D eigenvalue weighted by Gasteiger charge is 2.22. The monoisotopic (exact) mass is 340 g/mol. The largest absolute Gasteiger partial charge is 0.397 e. The fourth-order valence-corrected chi connectivity index (χ4v) is 1.46. The van der Waals surface area contributed by atoms with Crippen LogP contribution in [0.15, 0.2) is 12.2 Å². The molecular formula is C12H28N4O5S. The third-order valence-electron chi connectivity index (χ3n) is 2.89. The molecule has 0 radical (unpaired) electrons. The minimum absolute atomic E-state index is 0.0797. The smallest absolute Gasteiger partial charge is 0.352 e. The summed E-state index contributed by atoms with van der Waals surface area (Å²) in [6.45, 7) is 5.94. The number of hydrogen-bond acceptors (Lipinski definition) is 7. The van der Waals surface area contributed by atoms with E-state index in [2.05, 4.69) is 32.0 Å². The molecule has 0 atom stereocenters. The Morgan fingerprint density at radius 1 is 1.23 bits per heavy atom. The summed E-state index contributed by atoms with van der Waals surface area (Å²) in [6.07, 6.45) is 1.74. The lowest BCUT2D eigenvalue weighted by molar-refractivity contribution is -0.117. The van der Waals surface area contributed by atoms with Crippen LogP contribution in [0, 0.1) is 0 Å². The van der Waals surface area contributed by atoms with Gasteiger partial charge in [0.1, 0.15) is 5.79 Å². The highest BCUT2D eigenvalue weighted by molar-refractivity contribution is 7.80. The number of carbonyl (C=O) groups is 1. The quantitative estimate of drug-likeness (QED) is 0.160. The van der Waals surface area contributed by atoms with Crippen LogP contribution in [0.2, 0.25) is 0 Å². The first-order valence-corrected chi connectivity index (χ1v) is 7.97. The second kappa shape index (κ2) is 11.5. The van der Waals surface area contributed by atoms with Crippen LogP contribution in [0.1, 0.15) is 19.8 Å². The first-order valence-electron chi connectivity index (χ1n) is 6.61. The standard InChI is InChI=1S/C11H24N4O.CH4O4S/c1-9(2)10(16)15-8-6-7-11(12-3,13-4)14-5;1-5-6(2,3)4/h12-14H,1,6-8H2,2-5H3,(H,15,16);1H3,(H,2,3,4). The van der Waals surface area contributed by atoms with Crippen LogP contribution in [0.5, 0.6) is 0 Å². The third-order valence-corrected chi connectivity index (χ3v) is 3.31. The number of rotatable bonds is 9. The normalized spacial score (nSPS) is 11.4. The molecule has 0 aliphatic carbocycles. The lowest BCUT2D eigenvalue weighted by atomic mass is 10.1. The first-order chi connectivity index (χ1) is 10.1. The summed E-state index contributed by atoms with van der Waals surface area (Å²) >= 11 is 0. The van der Waals surface area contributed by atoms with E-state index >= 15 is 0 Å². The predicted octanol–water partition coefficient (Wildman–Crippen LogP) is -0.793. The summed E-state index contributed by atoms with van der Waals surface area (Å²) in [6, 6.07) is 0. The van der Waals surface area contributed by atoms with E-state index in [0.29, 0.717) is 12.1 Å². The summed E-state index contributed by atoms with van der Waals surface area (Å²) in [7, 11) is 2.37. The molecule has 0 aliphatic rings. The molecular weight excluding hydrogens is 312 g/mol. The summed E-state index contributed by atoms with van der Waals surface area (Å²) < 4.78 is 29.7. The SMILES string of the molecule is C=C(C)C(=O)NCCCC(NC)(NC)NC.COS(=O)(=O)O. The summed E-state index contributed by atoms with van der Waals surface area (Å²) in [4.78, 5) is 11.2. The average Bonchev–Trinajstić information content (AvgIpc) is 2.47. The topological polar surface area (TPSA) is 129 Å². The Hall–Kier alpha value is -1.04. The van der Waals surface area contributed by atoms with Gasteiger partial charge < -0.3 is 5.32 Å². The van der Waals surface area contributed by atoms with Crippen molar-refractivity contribution in [2.75, 3.05) is 34.8 Å². The van der Waals surface area contributed by atoms with Crippen LogP contribution in [0.3, 0.4) is 0 Å². The Balaban J connectivity index is 0. The molecule has 0 fully saturated rings. The van der Waals surface area contributed by atoms with E-state index in [1.807, 2.05) is 21.1 Å². The average molecular weight is 340 g/mol. The number of hydrogen-bond donors (Lipinski definition) is 5. The molecule has 0 saturated carbocycles. The molecule has 0 aromatic rings. The Morgan fingerprint density at radius 2 is 1.64 bits per heavy atom. The molecule has 0 aromatic carbocycles. The van der Waals surface area contributed by atoms with Gasteiger partial charge in [-0.3, -0.25) is 29.5 Å². The van der Waals surface area contributed by atoms with Crippen molar-refractivity contribution in [1.82, 2.24) is 21.3 Å². The van der Waals surface area contributed by atoms with Crippen LogP contribution in [-0.2, 0) is 19.4 Å². The maximum absolute atomic E-state index is 11.2. The van der Waals surface area contributed by atoms with Gasteiger partial charge in [-0.25, -0.2) is 0 Å². The lowest BCUT2D eigenvalue weighted by Gasteiger charge is -2.33. The van der Waals surface area contributed by atoms with Crippen molar-refractivity contribution in [2.24, 2.45) is 0 Å². The second-order valence-corrected chi connectivity index (χ2v) is 5.58. The molecule has 132 valence electrons. The Morgan fingerprint density at radius 3 is 1.91 bits per heavy atom. The number of amides is 1. The highest BCUT2D eigenvalue weighted by Crippen LogP contribution is 2.03. The molecule has 0 aliphatic heterocycles. The molecule has 0 spiro atoms. The van der Waals surface area contributed by atoms with Crippen molar-refractivity contribution >= 4 is 16.3 Å².